The second kappa shape index (κ2) is 19.3. The van der Waals surface area contributed by atoms with E-state index in [4.69, 9.17) is 14.2 Å². The molecule has 0 bridgehead atoms. The van der Waals surface area contributed by atoms with Crippen molar-refractivity contribution in [2.24, 2.45) is 0 Å². The number of carbonyl (C=O) groups is 4. The number of carbonyl (C=O) groups excluding carboxylic acids is 3. The molecule has 0 radical (unpaired) electrons. The highest BCUT2D eigenvalue weighted by Gasteiger charge is 2.42. The number of ether oxygens (including phenoxy) is 3. The molecule has 0 saturated heterocycles. The normalized spacial score (nSPS) is 14.3. The van der Waals surface area contributed by atoms with Crippen molar-refractivity contribution in [1.29, 1.82) is 0 Å². The summed E-state index contributed by atoms with van der Waals surface area (Å²) in [5.41, 5.74) is 5.25. The van der Waals surface area contributed by atoms with E-state index in [1.807, 2.05) is 68.4 Å². The Kier molecular flexibility index (Phi) is 14.0. The summed E-state index contributed by atoms with van der Waals surface area (Å²) in [6.45, 7) is 5.73. The van der Waals surface area contributed by atoms with E-state index in [0.717, 1.165) is 44.5 Å². The van der Waals surface area contributed by atoms with Crippen LogP contribution in [0.15, 0.2) is 108 Å². The summed E-state index contributed by atoms with van der Waals surface area (Å²) >= 11 is 3.46. The van der Waals surface area contributed by atoms with Gasteiger partial charge in [0.2, 0.25) is 5.91 Å². The zero-order valence-corrected chi connectivity index (χ0v) is 34.0. The molecule has 2 aliphatic rings. The Hall–Kier alpha value is -5.24. The summed E-state index contributed by atoms with van der Waals surface area (Å²) < 4.78 is 18.1. The Morgan fingerprint density at radius 2 is 1.39 bits per heavy atom. The molecule has 1 fully saturated rings. The molecule has 0 aliphatic heterocycles. The lowest BCUT2D eigenvalue weighted by Crippen LogP contribution is -2.60. The first-order valence-corrected chi connectivity index (χ1v) is 20.1. The number of alkyl carbamates (subject to hydrolysis) is 1. The third-order valence-electron chi connectivity index (χ3n) is 10.3. The Morgan fingerprint density at radius 1 is 0.807 bits per heavy atom. The maximum Gasteiger partial charge on any atom is 0.408 e. The minimum Gasteiger partial charge on any atom is -0.465 e. The molecule has 4 aromatic carbocycles. The number of fused-ring (bicyclic) bond motifs is 3. The van der Waals surface area contributed by atoms with Crippen LogP contribution in [0.4, 0.5) is 15.3 Å². The highest BCUT2D eigenvalue weighted by atomic mass is 79.9. The number of halogens is 1. The van der Waals surface area contributed by atoms with Crippen LogP contribution in [0.3, 0.4) is 0 Å². The second-order valence-electron chi connectivity index (χ2n) is 14.0. The fraction of sp³-hybridized carbons (Fsp3) is 0.364. The van der Waals surface area contributed by atoms with Crippen molar-refractivity contribution < 1.29 is 38.5 Å². The minimum atomic E-state index is -1.46. The largest absolute Gasteiger partial charge is 0.465 e. The molecule has 2 atom stereocenters. The summed E-state index contributed by atoms with van der Waals surface area (Å²) in [6, 6.07) is 29.1. The number of nitrogens with zero attached hydrogens (tertiary/aromatic N) is 3. The molecule has 4 amide bonds. The smallest absolute Gasteiger partial charge is 0.408 e. The number of amides is 4. The minimum absolute atomic E-state index is 0.0309. The van der Waals surface area contributed by atoms with Gasteiger partial charge in [-0.3, -0.25) is 19.4 Å². The summed E-state index contributed by atoms with van der Waals surface area (Å²) in [6.07, 6.45) is -1.25. The van der Waals surface area contributed by atoms with Crippen LogP contribution in [-0.2, 0) is 30.3 Å². The molecule has 2 aliphatic carbocycles. The van der Waals surface area contributed by atoms with E-state index in [9.17, 15) is 19.5 Å². The van der Waals surface area contributed by atoms with Crippen LogP contribution in [0, 0.1) is 0 Å². The van der Waals surface area contributed by atoms with Gasteiger partial charge in [-0.05, 0) is 85.7 Å². The van der Waals surface area contributed by atoms with Gasteiger partial charge in [-0.15, -0.1) is 0 Å². The first-order chi connectivity index (χ1) is 27.6. The molecule has 1 saturated carbocycles. The van der Waals surface area contributed by atoms with Crippen LogP contribution in [0.2, 0.25) is 0 Å². The van der Waals surface area contributed by atoms with Gasteiger partial charge < -0.3 is 29.5 Å². The van der Waals surface area contributed by atoms with E-state index >= 15 is 4.79 Å². The predicted octanol–water partition coefficient (Wildman–Crippen LogP) is 7.65. The third kappa shape index (κ3) is 10.0. The lowest BCUT2D eigenvalue weighted by Gasteiger charge is -2.38. The number of rotatable bonds is 18. The molecule has 4 aromatic rings. The molecular weight excluding hydrogens is 792 g/mol. The fourth-order valence-corrected chi connectivity index (χ4v) is 7.66. The summed E-state index contributed by atoms with van der Waals surface area (Å²) in [5, 5.41) is 13.4. The van der Waals surface area contributed by atoms with Crippen molar-refractivity contribution in [2.75, 3.05) is 37.8 Å². The first-order valence-electron chi connectivity index (χ1n) is 19.4. The molecular formula is C44H49BrN4O8. The third-order valence-corrected chi connectivity index (χ3v) is 10.8. The van der Waals surface area contributed by atoms with E-state index in [-0.39, 0.29) is 37.6 Å². The zero-order valence-electron chi connectivity index (χ0n) is 32.4. The van der Waals surface area contributed by atoms with Crippen LogP contribution in [0.5, 0.6) is 0 Å². The second-order valence-corrected chi connectivity index (χ2v) is 15.0. The average molecular weight is 842 g/mol. The topological polar surface area (TPSA) is 138 Å². The lowest BCUT2D eigenvalue weighted by molar-refractivity contribution is -0.160. The molecule has 300 valence electrons. The van der Waals surface area contributed by atoms with E-state index < -0.39 is 43.0 Å². The van der Waals surface area contributed by atoms with Gasteiger partial charge in [0.15, 0.2) is 6.29 Å². The molecule has 0 spiro atoms. The monoisotopic (exact) mass is 840 g/mol. The molecule has 57 heavy (non-hydrogen) atoms. The van der Waals surface area contributed by atoms with Gasteiger partial charge in [-0.2, -0.15) is 0 Å². The number of nitrogens with one attached hydrogen (secondary N) is 1. The van der Waals surface area contributed by atoms with Crippen LogP contribution in [0.25, 0.3) is 11.1 Å². The Morgan fingerprint density at radius 3 is 1.95 bits per heavy atom. The van der Waals surface area contributed by atoms with Gasteiger partial charge >= 0.3 is 12.2 Å². The highest BCUT2D eigenvalue weighted by Crippen LogP contribution is 2.44. The van der Waals surface area contributed by atoms with Crippen LogP contribution in [-0.4, -0.2) is 96.2 Å². The fourth-order valence-electron chi connectivity index (χ4n) is 7.40. The van der Waals surface area contributed by atoms with Gasteiger partial charge in [-0.25, -0.2) is 9.59 Å². The maximum absolute atomic E-state index is 15.1. The van der Waals surface area contributed by atoms with Crippen molar-refractivity contribution >= 4 is 45.6 Å². The van der Waals surface area contributed by atoms with Gasteiger partial charge in [-0.1, -0.05) is 94.8 Å². The molecule has 12 nitrogen and oxygen atoms in total. The molecule has 2 unspecified atom stereocenters. The number of hydrogen-bond acceptors (Lipinski definition) is 7. The van der Waals surface area contributed by atoms with Crippen LogP contribution < -0.4 is 10.2 Å². The molecule has 6 rings (SSSR count). The van der Waals surface area contributed by atoms with Gasteiger partial charge in [0.05, 0.1) is 13.1 Å². The predicted molar refractivity (Wildman–Crippen MR) is 220 cm³/mol. The van der Waals surface area contributed by atoms with Crippen molar-refractivity contribution in [3.63, 3.8) is 0 Å². The quantitative estimate of drug-likeness (QED) is 0.0976. The Bertz CT molecular complexity index is 1960. The number of carboxylic acid groups (broad SMARTS) is 1. The SMILES string of the molecule is CCOC(CN(C(=O)C(C)N(C(=O)C(CNC(=O)OCC1c2ccccc2-c2ccccc21)N(Cc1ccccc1)C(=O)O)c1ccc(Br)cc1)C1CC1)OCC. The van der Waals surface area contributed by atoms with Gasteiger partial charge in [0.25, 0.3) is 5.91 Å². The molecule has 0 aromatic heterocycles. The van der Waals surface area contributed by atoms with Crippen molar-refractivity contribution in [3.05, 3.63) is 124 Å². The molecule has 0 heterocycles. The number of hydrogen-bond donors (Lipinski definition) is 2. The summed E-state index contributed by atoms with van der Waals surface area (Å²) in [5.74, 6) is -1.24. The van der Waals surface area contributed by atoms with Gasteiger partial charge in [0, 0.05) is 41.9 Å². The molecule has 13 heteroatoms. The van der Waals surface area contributed by atoms with E-state index in [2.05, 4.69) is 21.2 Å². The Labute approximate surface area is 341 Å². The average Bonchev–Trinajstić information content (AvgIpc) is 4.01. The summed E-state index contributed by atoms with van der Waals surface area (Å²) in [7, 11) is 0. The lowest BCUT2D eigenvalue weighted by atomic mass is 9.98. The van der Waals surface area contributed by atoms with E-state index in [1.165, 1.54) is 4.90 Å². The maximum atomic E-state index is 15.1. The zero-order chi connectivity index (χ0) is 40.5. The van der Waals surface area contributed by atoms with Crippen molar-refractivity contribution in [1.82, 2.24) is 15.1 Å². The number of anilines is 1. The van der Waals surface area contributed by atoms with E-state index in [1.54, 1.807) is 60.4 Å². The van der Waals surface area contributed by atoms with Crippen LogP contribution in [0.1, 0.15) is 56.2 Å². The van der Waals surface area contributed by atoms with Crippen molar-refractivity contribution in [3.8, 4) is 11.1 Å². The van der Waals surface area contributed by atoms with Crippen molar-refractivity contribution in [2.45, 2.75) is 70.5 Å². The highest BCUT2D eigenvalue weighted by molar-refractivity contribution is 9.10. The van der Waals surface area contributed by atoms with Gasteiger partial charge in [0.1, 0.15) is 18.7 Å². The first kappa shape index (κ1) is 41.4. The molecule has 2 N–H and O–H groups in total. The number of benzene rings is 4. The van der Waals surface area contributed by atoms with E-state index in [0.29, 0.717) is 24.5 Å². The Balaban J connectivity index is 1.28. The summed E-state index contributed by atoms with van der Waals surface area (Å²) in [4.78, 5) is 60.2. The standard InChI is InChI=1S/C44H49BrN4O8/c1-4-55-40(56-5-2)27-47(32-23-24-32)41(50)29(3)49(33-21-19-31(45)20-22-33)42(51)39(48(44(53)54)26-30-13-7-6-8-14-30)25-46-43(52)57-28-38-36-17-11-9-15-34(36)35-16-10-12-18-37(35)38/h6-22,29,32,38-40H,4-5,23-28H2,1-3H3,(H,46,52)(H,53,54). The van der Waals surface area contributed by atoms with Crippen LogP contribution >= 0.6 is 15.9 Å².